The van der Waals surface area contributed by atoms with Crippen LogP contribution in [0, 0.1) is 5.82 Å². The molecule has 0 aliphatic heterocycles. The number of guanidine groups is 1. The summed E-state index contributed by atoms with van der Waals surface area (Å²) < 4.78 is 20.7. The highest BCUT2D eigenvalue weighted by atomic mass is 127. The number of hydrogen-bond donors (Lipinski definition) is 2. The van der Waals surface area contributed by atoms with Crippen molar-refractivity contribution >= 4 is 29.9 Å². The highest BCUT2D eigenvalue weighted by molar-refractivity contribution is 14.0. The summed E-state index contributed by atoms with van der Waals surface area (Å²) >= 11 is 0. The molecule has 0 spiro atoms. The Bertz CT molecular complexity index is 916. The Hall–Kier alpha value is -2.62. The monoisotopic (exact) mass is 523 g/mol. The van der Waals surface area contributed by atoms with Gasteiger partial charge < -0.3 is 15.4 Å². The molecule has 0 aliphatic carbocycles. The second-order valence-corrected chi connectivity index (χ2v) is 6.66. The van der Waals surface area contributed by atoms with Crippen molar-refractivity contribution in [3.63, 3.8) is 0 Å². The maximum Gasteiger partial charge on any atom is 0.191 e. The zero-order valence-corrected chi connectivity index (χ0v) is 19.4. The second kappa shape index (κ2) is 12.2. The summed E-state index contributed by atoms with van der Waals surface area (Å²) in [5, 5.41) is 10.9. The largest absolute Gasteiger partial charge is 0.489 e. The molecule has 0 fully saturated rings. The van der Waals surface area contributed by atoms with Crippen molar-refractivity contribution in [2.45, 2.75) is 26.1 Å². The van der Waals surface area contributed by atoms with Gasteiger partial charge in [0.05, 0.1) is 13.1 Å². The molecule has 8 heteroatoms. The van der Waals surface area contributed by atoms with E-state index in [0.717, 1.165) is 6.54 Å². The molecule has 3 rings (SSSR count). The van der Waals surface area contributed by atoms with E-state index in [-0.39, 0.29) is 35.9 Å². The van der Waals surface area contributed by atoms with Gasteiger partial charge in [-0.25, -0.2) is 4.39 Å². The first-order valence-corrected chi connectivity index (χ1v) is 9.55. The van der Waals surface area contributed by atoms with Crippen LogP contribution in [0.1, 0.15) is 18.1 Å². The van der Waals surface area contributed by atoms with E-state index in [2.05, 4.69) is 32.9 Å². The summed E-state index contributed by atoms with van der Waals surface area (Å²) in [6.45, 7) is 3.87. The van der Waals surface area contributed by atoms with Crippen LogP contribution in [0.4, 0.5) is 4.39 Å². The number of nitrogens with one attached hydrogen (secondary N) is 2. The van der Waals surface area contributed by atoms with E-state index in [0.29, 0.717) is 24.8 Å². The van der Waals surface area contributed by atoms with Gasteiger partial charge in [-0.3, -0.25) is 9.67 Å². The molecule has 0 amide bonds. The summed E-state index contributed by atoms with van der Waals surface area (Å²) in [4.78, 5) is 4.27. The number of ether oxygens (including phenoxy) is 1. The Morgan fingerprint density at radius 3 is 2.50 bits per heavy atom. The van der Waals surface area contributed by atoms with Crippen LogP contribution in [0.15, 0.2) is 72.0 Å². The normalized spacial score (nSPS) is 12.0. The molecular formula is C22H27FIN5O. The first-order valence-electron chi connectivity index (χ1n) is 9.55. The topological polar surface area (TPSA) is 63.5 Å². The summed E-state index contributed by atoms with van der Waals surface area (Å²) in [5.41, 5.74) is 2.38. The molecule has 0 bridgehead atoms. The molecular weight excluding hydrogens is 496 g/mol. The average molecular weight is 523 g/mol. The lowest BCUT2D eigenvalue weighted by molar-refractivity contribution is 0.223. The number of halogens is 2. The van der Waals surface area contributed by atoms with Crippen molar-refractivity contribution in [1.29, 1.82) is 0 Å². The van der Waals surface area contributed by atoms with Gasteiger partial charge in [0.25, 0.3) is 0 Å². The standard InChI is InChI=1S/C22H26FN5O.HI/c1-17(29-21-10-8-20(23)9-11-21)14-25-22(24-2)26-15-18-6-3-4-7-19(18)16-28-13-5-12-27-28;/h3-13,17H,14-16H2,1-2H3,(H2,24,25,26);1H. The van der Waals surface area contributed by atoms with Gasteiger partial charge in [-0.05, 0) is 48.4 Å². The van der Waals surface area contributed by atoms with Gasteiger partial charge in [0, 0.05) is 26.0 Å². The van der Waals surface area contributed by atoms with E-state index in [9.17, 15) is 4.39 Å². The Kier molecular flexibility index (Phi) is 9.59. The van der Waals surface area contributed by atoms with Crippen LogP contribution in [-0.4, -0.2) is 35.4 Å². The van der Waals surface area contributed by atoms with Crippen LogP contribution in [-0.2, 0) is 13.1 Å². The van der Waals surface area contributed by atoms with E-state index in [4.69, 9.17) is 4.74 Å². The number of benzene rings is 2. The lowest BCUT2D eigenvalue weighted by atomic mass is 10.1. The highest BCUT2D eigenvalue weighted by Crippen LogP contribution is 2.13. The van der Waals surface area contributed by atoms with Crippen molar-refractivity contribution in [3.8, 4) is 5.75 Å². The number of rotatable bonds is 8. The molecule has 1 unspecified atom stereocenters. The number of hydrogen-bond acceptors (Lipinski definition) is 3. The fourth-order valence-corrected chi connectivity index (χ4v) is 2.88. The predicted octanol–water partition coefficient (Wildman–Crippen LogP) is 3.82. The second-order valence-electron chi connectivity index (χ2n) is 6.66. The third-order valence-corrected chi connectivity index (χ3v) is 4.39. The summed E-state index contributed by atoms with van der Waals surface area (Å²) in [6.07, 6.45) is 3.63. The summed E-state index contributed by atoms with van der Waals surface area (Å²) in [6, 6.07) is 16.2. The molecule has 30 heavy (non-hydrogen) atoms. The van der Waals surface area contributed by atoms with Crippen LogP contribution in [0.3, 0.4) is 0 Å². The quantitative estimate of drug-likeness (QED) is 0.268. The summed E-state index contributed by atoms with van der Waals surface area (Å²) in [7, 11) is 1.73. The van der Waals surface area contributed by atoms with Gasteiger partial charge in [-0.1, -0.05) is 24.3 Å². The van der Waals surface area contributed by atoms with E-state index < -0.39 is 0 Å². The molecule has 1 atom stereocenters. The van der Waals surface area contributed by atoms with Crippen molar-refractivity contribution in [2.24, 2.45) is 4.99 Å². The zero-order chi connectivity index (χ0) is 20.5. The third-order valence-electron chi connectivity index (χ3n) is 4.39. The SMILES string of the molecule is CN=C(NCc1ccccc1Cn1cccn1)NCC(C)Oc1ccc(F)cc1.I. The smallest absolute Gasteiger partial charge is 0.191 e. The van der Waals surface area contributed by atoms with E-state index in [1.807, 2.05) is 36.0 Å². The van der Waals surface area contributed by atoms with Crippen molar-refractivity contribution in [1.82, 2.24) is 20.4 Å². The molecule has 1 aromatic heterocycles. The first kappa shape index (κ1) is 23.7. The van der Waals surface area contributed by atoms with Crippen molar-refractivity contribution in [3.05, 3.63) is 83.9 Å². The number of aromatic nitrogens is 2. The molecule has 160 valence electrons. The van der Waals surface area contributed by atoms with Gasteiger partial charge in [0.1, 0.15) is 17.7 Å². The van der Waals surface area contributed by atoms with Gasteiger partial charge in [0.2, 0.25) is 0 Å². The molecule has 1 heterocycles. The van der Waals surface area contributed by atoms with Crippen LogP contribution < -0.4 is 15.4 Å². The van der Waals surface area contributed by atoms with Gasteiger partial charge in [-0.15, -0.1) is 24.0 Å². The lowest BCUT2D eigenvalue weighted by Gasteiger charge is -2.18. The number of aliphatic imine (C=N–C) groups is 1. The maximum absolute atomic E-state index is 13.0. The molecule has 0 radical (unpaired) electrons. The predicted molar refractivity (Wildman–Crippen MR) is 128 cm³/mol. The molecule has 0 saturated heterocycles. The van der Waals surface area contributed by atoms with Gasteiger partial charge in [0.15, 0.2) is 5.96 Å². The minimum absolute atomic E-state index is 0. The fourth-order valence-electron chi connectivity index (χ4n) is 2.88. The Labute approximate surface area is 193 Å². The van der Waals surface area contributed by atoms with Crippen LogP contribution in [0.5, 0.6) is 5.75 Å². The maximum atomic E-state index is 13.0. The molecule has 2 aromatic carbocycles. The van der Waals surface area contributed by atoms with Crippen LogP contribution in [0.25, 0.3) is 0 Å². The zero-order valence-electron chi connectivity index (χ0n) is 17.1. The van der Waals surface area contributed by atoms with Gasteiger partial charge >= 0.3 is 0 Å². The average Bonchev–Trinajstić information content (AvgIpc) is 3.24. The van der Waals surface area contributed by atoms with Crippen molar-refractivity contribution in [2.75, 3.05) is 13.6 Å². The minimum Gasteiger partial charge on any atom is -0.489 e. The van der Waals surface area contributed by atoms with E-state index >= 15 is 0 Å². The molecule has 0 aliphatic rings. The molecule has 6 nitrogen and oxygen atoms in total. The molecule has 3 aromatic rings. The van der Waals surface area contributed by atoms with Crippen LogP contribution in [0.2, 0.25) is 0 Å². The summed E-state index contributed by atoms with van der Waals surface area (Å²) in [5.74, 6) is 1.05. The van der Waals surface area contributed by atoms with Gasteiger partial charge in [-0.2, -0.15) is 5.10 Å². The molecule has 0 saturated carbocycles. The highest BCUT2D eigenvalue weighted by Gasteiger charge is 2.08. The van der Waals surface area contributed by atoms with E-state index in [1.54, 1.807) is 25.4 Å². The van der Waals surface area contributed by atoms with Crippen LogP contribution >= 0.6 is 24.0 Å². The minimum atomic E-state index is -0.277. The Morgan fingerprint density at radius 2 is 1.83 bits per heavy atom. The fraction of sp³-hybridized carbons (Fsp3) is 0.273. The Morgan fingerprint density at radius 1 is 1.10 bits per heavy atom. The lowest BCUT2D eigenvalue weighted by Crippen LogP contribution is -2.41. The number of nitrogens with zero attached hydrogens (tertiary/aromatic N) is 3. The molecule has 2 N–H and O–H groups in total. The van der Waals surface area contributed by atoms with E-state index in [1.165, 1.54) is 23.3 Å². The van der Waals surface area contributed by atoms with Crippen molar-refractivity contribution < 1.29 is 9.13 Å². The Balaban J connectivity index is 0.00000320. The third kappa shape index (κ3) is 7.33. The first-order chi connectivity index (χ1) is 14.1.